The Kier molecular flexibility index (Phi) is 5.92. The number of ketones is 1. The lowest BCUT2D eigenvalue weighted by molar-refractivity contribution is -0.129. The van der Waals surface area contributed by atoms with Gasteiger partial charge in [0, 0.05) is 55.7 Å². The van der Waals surface area contributed by atoms with E-state index in [2.05, 4.69) is 40.3 Å². The first-order valence-corrected chi connectivity index (χ1v) is 11.9. The molecule has 0 spiro atoms. The fraction of sp³-hybridized carbons (Fsp3) is 0.421. The van der Waals surface area contributed by atoms with E-state index < -0.39 is 0 Å². The number of halogens is 1. The lowest BCUT2D eigenvalue weighted by Crippen LogP contribution is -2.36. The van der Waals surface area contributed by atoms with Crippen molar-refractivity contribution in [3.63, 3.8) is 0 Å². The maximum absolute atomic E-state index is 12.3. The third-order valence-electron chi connectivity index (χ3n) is 5.12. The molecule has 0 N–H and O–H groups in total. The van der Waals surface area contributed by atoms with E-state index in [0.29, 0.717) is 11.6 Å². The van der Waals surface area contributed by atoms with Crippen LogP contribution in [0.25, 0.3) is 10.9 Å². The summed E-state index contributed by atoms with van der Waals surface area (Å²) in [7, 11) is 1.45. The number of nitriles is 1. The van der Waals surface area contributed by atoms with Gasteiger partial charge in [-0.25, -0.2) is 0 Å². The minimum Gasteiger partial charge on any atom is -0.343 e. The number of aromatic nitrogens is 1. The van der Waals surface area contributed by atoms with Crippen LogP contribution in [0.2, 0.25) is 0 Å². The molecule has 0 saturated carbocycles. The van der Waals surface area contributed by atoms with Crippen molar-refractivity contribution in [3.8, 4) is 6.07 Å². The largest absolute Gasteiger partial charge is 0.343 e. The Hall–Kier alpha value is -1.53. The van der Waals surface area contributed by atoms with Gasteiger partial charge in [-0.3, -0.25) is 13.6 Å². The summed E-state index contributed by atoms with van der Waals surface area (Å²) in [6.45, 7) is 5.33. The second-order valence-corrected chi connectivity index (χ2v) is 8.38. The number of carbonyl (C=O) groups excluding carboxylic acids is 2. The molecule has 1 amide bonds. The first-order valence-electron chi connectivity index (χ1n) is 8.57. The Morgan fingerprint density at radius 2 is 2.00 bits per heavy atom. The quantitative estimate of drug-likeness (QED) is 0.473. The molecule has 0 aliphatic carbocycles. The maximum Gasteiger partial charge on any atom is 0.219 e. The highest BCUT2D eigenvalue weighted by atomic mass is 127. The first kappa shape index (κ1) is 19.2. The number of rotatable bonds is 4. The summed E-state index contributed by atoms with van der Waals surface area (Å²) in [4.78, 5) is 25.7. The predicted octanol–water partition coefficient (Wildman–Crippen LogP) is 4.62. The van der Waals surface area contributed by atoms with Crippen LogP contribution in [-0.4, -0.2) is 33.7 Å². The number of likely N-dealkylation sites (tertiary alicyclic amines) is 1. The maximum atomic E-state index is 12.3. The summed E-state index contributed by atoms with van der Waals surface area (Å²) in [5.74, 6) is 0.420. The van der Waals surface area contributed by atoms with E-state index in [9.17, 15) is 9.59 Å². The normalized spacial score (nSPS) is 15.2. The number of piperidine rings is 1. The molecule has 3 rings (SSSR count). The highest BCUT2D eigenvalue weighted by Gasteiger charge is 2.24. The van der Waals surface area contributed by atoms with Crippen molar-refractivity contribution in [2.45, 2.75) is 39.0 Å². The Bertz CT molecular complexity index is 908. The average molecular weight is 481 g/mol. The van der Waals surface area contributed by atoms with Crippen molar-refractivity contribution in [1.82, 2.24) is 8.87 Å². The molecule has 1 aliphatic rings. The van der Waals surface area contributed by atoms with Crippen molar-refractivity contribution < 1.29 is 9.59 Å². The van der Waals surface area contributed by atoms with Gasteiger partial charge in [0.05, 0.1) is 17.3 Å². The van der Waals surface area contributed by atoms with Crippen LogP contribution < -0.4 is 0 Å². The fourth-order valence-corrected chi connectivity index (χ4v) is 5.47. The third kappa shape index (κ3) is 3.62. The SMILES string of the molecule is CC(=O)N1CCC(c2cc3c(cc2C)cc(C(=O)CC#N)n3SI)CC1. The minimum atomic E-state index is -0.151. The smallest absolute Gasteiger partial charge is 0.219 e. The molecule has 26 heavy (non-hydrogen) atoms. The van der Waals surface area contributed by atoms with E-state index in [1.807, 2.05) is 21.0 Å². The van der Waals surface area contributed by atoms with Crippen LogP contribution in [0.3, 0.4) is 0 Å². The van der Waals surface area contributed by atoms with Crippen LogP contribution in [0, 0.1) is 18.3 Å². The molecule has 1 aliphatic heterocycles. The van der Waals surface area contributed by atoms with Gasteiger partial charge in [0.1, 0.15) is 6.42 Å². The topological polar surface area (TPSA) is 66.1 Å². The molecule has 1 aromatic carbocycles. The van der Waals surface area contributed by atoms with Gasteiger partial charge < -0.3 is 4.90 Å². The fourth-order valence-electron chi connectivity index (χ4n) is 3.74. The Morgan fingerprint density at radius 3 is 2.58 bits per heavy atom. The van der Waals surface area contributed by atoms with Gasteiger partial charge >= 0.3 is 0 Å². The van der Waals surface area contributed by atoms with Crippen LogP contribution in [0.4, 0.5) is 0 Å². The van der Waals surface area contributed by atoms with E-state index >= 15 is 0 Å². The van der Waals surface area contributed by atoms with Crippen LogP contribution >= 0.6 is 30.3 Å². The molecule has 0 bridgehead atoms. The molecule has 1 saturated heterocycles. The molecule has 2 heterocycles. The molecule has 1 aromatic heterocycles. The highest BCUT2D eigenvalue weighted by molar-refractivity contribution is 14.2. The molecule has 5 nitrogen and oxygen atoms in total. The molecule has 7 heteroatoms. The second kappa shape index (κ2) is 8.01. The Morgan fingerprint density at radius 1 is 1.31 bits per heavy atom. The van der Waals surface area contributed by atoms with Crippen LogP contribution in [0.15, 0.2) is 18.2 Å². The van der Waals surface area contributed by atoms with Crippen LogP contribution in [-0.2, 0) is 4.79 Å². The number of benzene rings is 1. The molecule has 1 fully saturated rings. The molecule has 2 aromatic rings. The van der Waals surface area contributed by atoms with Gasteiger partial charge in [0.25, 0.3) is 0 Å². The summed E-state index contributed by atoms with van der Waals surface area (Å²) >= 11 is 2.17. The molecule has 136 valence electrons. The minimum absolute atomic E-state index is 0.108. The average Bonchev–Trinajstić information content (AvgIpc) is 2.98. The summed E-state index contributed by atoms with van der Waals surface area (Å²) in [5, 5.41) is 9.86. The lowest BCUT2D eigenvalue weighted by atomic mass is 9.86. The lowest BCUT2D eigenvalue weighted by Gasteiger charge is -2.32. The molecule has 0 unspecified atom stereocenters. The molecule has 0 atom stereocenters. The van der Waals surface area contributed by atoms with Gasteiger partial charge in [-0.05, 0) is 55.0 Å². The van der Waals surface area contributed by atoms with E-state index in [1.54, 1.807) is 6.92 Å². The van der Waals surface area contributed by atoms with Crippen molar-refractivity contribution in [3.05, 3.63) is 35.0 Å². The van der Waals surface area contributed by atoms with Gasteiger partial charge in [-0.2, -0.15) is 5.26 Å². The van der Waals surface area contributed by atoms with Gasteiger partial charge in [-0.1, -0.05) is 0 Å². The Balaban J connectivity index is 1.98. The number of aryl methyl sites for hydroxylation is 1. The summed E-state index contributed by atoms with van der Waals surface area (Å²) in [5.41, 5.74) is 4.10. The summed E-state index contributed by atoms with van der Waals surface area (Å²) in [6, 6.07) is 8.15. The number of hydrogen-bond donors (Lipinski definition) is 0. The van der Waals surface area contributed by atoms with Crippen molar-refractivity contribution in [1.29, 1.82) is 5.26 Å². The summed E-state index contributed by atoms with van der Waals surface area (Å²) in [6.07, 6.45) is 1.82. The number of hydrogen-bond acceptors (Lipinski definition) is 4. The molecular formula is C19H20IN3O2S. The van der Waals surface area contributed by atoms with E-state index in [4.69, 9.17) is 5.26 Å². The van der Waals surface area contributed by atoms with Crippen molar-refractivity contribution in [2.75, 3.05) is 13.1 Å². The van der Waals surface area contributed by atoms with Crippen LogP contribution in [0.1, 0.15) is 53.7 Å². The second-order valence-electron chi connectivity index (χ2n) is 6.70. The zero-order valence-electron chi connectivity index (χ0n) is 14.8. The number of nitrogens with zero attached hydrogens (tertiary/aromatic N) is 3. The number of amides is 1. The number of Topliss-reactive ketones (excluding diaryl/α,β-unsaturated/α-hetero) is 1. The van der Waals surface area contributed by atoms with Crippen LogP contribution in [0.5, 0.6) is 0 Å². The number of fused-ring (bicyclic) bond motifs is 1. The standard InChI is InChI=1S/C19H20IN3O2S/c1-12-9-15-10-18(19(25)3-6-21)23(26-20)17(15)11-16(12)14-4-7-22(8-5-14)13(2)24/h9-11,14H,3-5,7-8H2,1-2H3. The zero-order valence-corrected chi connectivity index (χ0v) is 17.8. The van der Waals surface area contributed by atoms with E-state index in [1.165, 1.54) is 20.2 Å². The first-order chi connectivity index (χ1) is 12.5. The van der Waals surface area contributed by atoms with Crippen molar-refractivity contribution in [2.24, 2.45) is 0 Å². The zero-order chi connectivity index (χ0) is 18.8. The van der Waals surface area contributed by atoms with Crippen molar-refractivity contribution >= 4 is 52.9 Å². The van der Waals surface area contributed by atoms with E-state index in [0.717, 1.165) is 36.8 Å². The summed E-state index contributed by atoms with van der Waals surface area (Å²) < 4.78 is 1.92. The molecule has 0 radical (unpaired) electrons. The van der Waals surface area contributed by atoms with Gasteiger partial charge in [0.15, 0.2) is 5.78 Å². The van der Waals surface area contributed by atoms with E-state index in [-0.39, 0.29) is 18.1 Å². The predicted molar refractivity (Wildman–Crippen MR) is 112 cm³/mol. The Labute approximate surface area is 169 Å². The van der Waals surface area contributed by atoms with Gasteiger partial charge in [0.2, 0.25) is 5.91 Å². The number of carbonyl (C=O) groups is 2. The monoisotopic (exact) mass is 481 g/mol. The molecular weight excluding hydrogens is 461 g/mol. The van der Waals surface area contributed by atoms with Gasteiger partial charge in [-0.15, -0.1) is 0 Å². The highest BCUT2D eigenvalue weighted by Crippen LogP contribution is 2.36. The third-order valence-corrected chi connectivity index (χ3v) is 6.83.